The zero-order valence-electron chi connectivity index (χ0n) is 6.79. The molecule has 0 bridgehead atoms. The summed E-state index contributed by atoms with van der Waals surface area (Å²) in [6.07, 6.45) is 2.27. The van der Waals surface area contributed by atoms with E-state index in [1.54, 1.807) is 0 Å². The smallest absolute Gasteiger partial charge is 0.255 e. The molecular weight excluding hydrogens is 154 g/mol. The lowest BCUT2D eigenvalue weighted by Gasteiger charge is -1.95. The van der Waals surface area contributed by atoms with Crippen molar-refractivity contribution in [1.29, 1.82) is 5.26 Å². The number of hydrogen-bond donors (Lipinski definition) is 1. The van der Waals surface area contributed by atoms with Crippen LogP contribution in [0.3, 0.4) is 0 Å². The maximum Gasteiger partial charge on any atom is 0.255 e. The van der Waals surface area contributed by atoms with E-state index in [9.17, 15) is 4.79 Å². The Morgan fingerprint density at radius 1 is 1.75 bits per heavy atom. The zero-order chi connectivity index (χ0) is 8.97. The Kier molecular flexibility index (Phi) is 2.59. The molecular formula is C8H9N3O. The molecule has 0 unspecified atom stereocenters. The highest BCUT2D eigenvalue weighted by Gasteiger charge is 1.99. The van der Waals surface area contributed by atoms with E-state index in [0.717, 1.165) is 0 Å². The number of aromatic nitrogens is 2. The van der Waals surface area contributed by atoms with Crippen molar-refractivity contribution in [1.82, 2.24) is 9.97 Å². The van der Waals surface area contributed by atoms with Gasteiger partial charge >= 0.3 is 0 Å². The monoisotopic (exact) mass is 163 g/mol. The van der Waals surface area contributed by atoms with Crippen LogP contribution in [0.5, 0.6) is 0 Å². The summed E-state index contributed by atoms with van der Waals surface area (Å²) in [5.41, 5.74) is 0.220. The van der Waals surface area contributed by atoms with Crippen LogP contribution in [0.2, 0.25) is 0 Å². The molecule has 4 nitrogen and oxygen atoms in total. The Hall–Kier alpha value is -1.63. The summed E-state index contributed by atoms with van der Waals surface area (Å²) < 4.78 is 0. The molecule has 1 aromatic heterocycles. The van der Waals surface area contributed by atoms with Gasteiger partial charge in [-0.25, -0.2) is 4.98 Å². The Morgan fingerprint density at radius 3 is 3.00 bits per heavy atom. The third-order valence-corrected chi connectivity index (χ3v) is 1.53. The SMILES string of the molecule is CCc1ncc(CC#N)c(=O)[nH]1. The van der Waals surface area contributed by atoms with Gasteiger partial charge in [-0.05, 0) is 0 Å². The molecule has 1 N–H and O–H groups in total. The molecule has 12 heavy (non-hydrogen) atoms. The Balaban J connectivity index is 3.06. The largest absolute Gasteiger partial charge is 0.310 e. The summed E-state index contributed by atoms with van der Waals surface area (Å²) >= 11 is 0. The molecule has 0 aliphatic carbocycles. The molecule has 0 radical (unpaired) electrons. The van der Waals surface area contributed by atoms with Crippen LogP contribution in [-0.4, -0.2) is 9.97 Å². The average molecular weight is 163 g/mol. The first-order valence-corrected chi connectivity index (χ1v) is 3.72. The number of H-pyrrole nitrogens is 1. The molecule has 1 rings (SSSR count). The third-order valence-electron chi connectivity index (χ3n) is 1.53. The summed E-state index contributed by atoms with van der Waals surface area (Å²) in [4.78, 5) is 17.7. The van der Waals surface area contributed by atoms with E-state index in [1.165, 1.54) is 6.20 Å². The molecule has 62 valence electrons. The molecule has 0 aromatic carbocycles. The molecule has 0 fully saturated rings. The quantitative estimate of drug-likeness (QED) is 0.686. The second kappa shape index (κ2) is 3.67. The minimum Gasteiger partial charge on any atom is -0.310 e. The zero-order valence-corrected chi connectivity index (χ0v) is 6.79. The van der Waals surface area contributed by atoms with E-state index in [0.29, 0.717) is 17.8 Å². The number of rotatable bonds is 2. The summed E-state index contributed by atoms with van der Waals surface area (Å²) in [6.45, 7) is 1.90. The van der Waals surface area contributed by atoms with Crippen LogP contribution < -0.4 is 5.56 Å². The molecule has 0 aliphatic rings. The lowest BCUT2D eigenvalue weighted by atomic mass is 10.2. The number of aryl methyl sites for hydroxylation is 1. The topological polar surface area (TPSA) is 69.5 Å². The van der Waals surface area contributed by atoms with Crippen LogP contribution in [0, 0.1) is 11.3 Å². The molecule has 0 saturated heterocycles. The van der Waals surface area contributed by atoms with Gasteiger partial charge in [-0.15, -0.1) is 0 Å². The van der Waals surface area contributed by atoms with E-state index in [2.05, 4.69) is 9.97 Å². The van der Waals surface area contributed by atoms with Crippen molar-refractivity contribution < 1.29 is 0 Å². The van der Waals surface area contributed by atoms with Crippen molar-refractivity contribution in [2.75, 3.05) is 0 Å². The van der Waals surface area contributed by atoms with Crippen molar-refractivity contribution in [3.05, 3.63) is 27.9 Å². The van der Waals surface area contributed by atoms with Gasteiger partial charge in [0.25, 0.3) is 5.56 Å². The molecule has 1 heterocycles. The van der Waals surface area contributed by atoms with Crippen LogP contribution in [0.4, 0.5) is 0 Å². The highest BCUT2D eigenvalue weighted by atomic mass is 16.1. The summed E-state index contributed by atoms with van der Waals surface area (Å²) in [5.74, 6) is 0.654. The van der Waals surface area contributed by atoms with E-state index in [1.807, 2.05) is 13.0 Å². The second-order valence-electron chi connectivity index (χ2n) is 2.37. The van der Waals surface area contributed by atoms with Crippen LogP contribution in [0.1, 0.15) is 18.3 Å². The van der Waals surface area contributed by atoms with Gasteiger partial charge in [-0.1, -0.05) is 6.92 Å². The number of nitrogens with one attached hydrogen (secondary N) is 1. The van der Waals surface area contributed by atoms with Crippen molar-refractivity contribution in [3.8, 4) is 6.07 Å². The standard InChI is InChI=1S/C8H9N3O/c1-2-7-10-5-6(3-4-9)8(12)11-7/h5H,2-3H2,1H3,(H,10,11,12). The van der Waals surface area contributed by atoms with Crippen molar-refractivity contribution in [2.24, 2.45) is 0 Å². The van der Waals surface area contributed by atoms with Crippen molar-refractivity contribution in [3.63, 3.8) is 0 Å². The van der Waals surface area contributed by atoms with Gasteiger partial charge < -0.3 is 4.98 Å². The third kappa shape index (κ3) is 1.70. The van der Waals surface area contributed by atoms with Gasteiger partial charge in [-0.3, -0.25) is 4.79 Å². The lowest BCUT2D eigenvalue weighted by Crippen LogP contribution is -2.15. The fourth-order valence-electron chi connectivity index (χ4n) is 0.849. The van der Waals surface area contributed by atoms with Crippen LogP contribution >= 0.6 is 0 Å². The molecule has 0 amide bonds. The van der Waals surface area contributed by atoms with Gasteiger partial charge in [0.1, 0.15) is 5.82 Å². The van der Waals surface area contributed by atoms with Crippen molar-refractivity contribution in [2.45, 2.75) is 19.8 Å². The van der Waals surface area contributed by atoms with Gasteiger partial charge in [0.15, 0.2) is 0 Å². The van der Waals surface area contributed by atoms with Crippen LogP contribution in [0.15, 0.2) is 11.0 Å². The lowest BCUT2D eigenvalue weighted by molar-refractivity contribution is 0.899. The number of nitriles is 1. The Labute approximate surface area is 69.9 Å². The van der Waals surface area contributed by atoms with E-state index in [-0.39, 0.29) is 12.0 Å². The molecule has 4 heteroatoms. The maximum atomic E-state index is 11.1. The minimum absolute atomic E-state index is 0.117. The van der Waals surface area contributed by atoms with Crippen molar-refractivity contribution >= 4 is 0 Å². The Bertz CT molecular complexity index is 361. The van der Waals surface area contributed by atoms with E-state index >= 15 is 0 Å². The number of hydrogen-bond acceptors (Lipinski definition) is 3. The average Bonchev–Trinajstić information content (AvgIpc) is 2.09. The van der Waals surface area contributed by atoms with Gasteiger partial charge in [0.05, 0.1) is 12.5 Å². The highest BCUT2D eigenvalue weighted by molar-refractivity contribution is 5.10. The molecule has 1 aromatic rings. The van der Waals surface area contributed by atoms with E-state index in [4.69, 9.17) is 5.26 Å². The highest BCUT2D eigenvalue weighted by Crippen LogP contribution is 1.90. The summed E-state index contributed by atoms with van der Waals surface area (Å²) in [6, 6.07) is 1.90. The van der Waals surface area contributed by atoms with Gasteiger partial charge in [0, 0.05) is 18.2 Å². The fraction of sp³-hybridized carbons (Fsp3) is 0.375. The predicted molar refractivity (Wildman–Crippen MR) is 43.6 cm³/mol. The molecule has 0 saturated carbocycles. The first kappa shape index (κ1) is 8.47. The second-order valence-corrected chi connectivity index (χ2v) is 2.37. The number of aromatic amines is 1. The van der Waals surface area contributed by atoms with Crippen LogP contribution in [0.25, 0.3) is 0 Å². The van der Waals surface area contributed by atoms with Gasteiger partial charge in [0.2, 0.25) is 0 Å². The first-order valence-electron chi connectivity index (χ1n) is 3.72. The first-order chi connectivity index (χ1) is 5.77. The van der Waals surface area contributed by atoms with Crippen LogP contribution in [-0.2, 0) is 12.8 Å². The fourth-order valence-corrected chi connectivity index (χ4v) is 0.849. The normalized spacial score (nSPS) is 9.33. The predicted octanol–water partition coefficient (Wildman–Crippen LogP) is 0.398. The van der Waals surface area contributed by atoms with Gasteiger partial charge in [-0.2, -0.15) is 5.26 Å². The summed E-state index contributed by atoms with van der Waals surface area (Å²) in [7, 11) is 0. The molecule has 0 atom stereocenters. The number of nitrogens with zero attached hydrogens (tertiary/aromatic N) is 2. The Morgan fingerprint density at radius 2 is 2.50 bits per heavy atom. The minimum atomic E-state index is -0.205. The molecule has 0 aliphatic heterocycles. The molecule has 0 spiro atoms. The maximum absolute atomic E-state index is 11.1. The van der Waals surface area contributed by atoms with E-state index < -0.39 is 0 Å². The summed E-state index contributed by atoms with van der Waals surface area (Å²) in [5, 5.41) is 8.34.